The highest BCUT2D eigenvalue weighted by molar-refractivity contribution is 5.85. The predicted molar refractivity (Wildman–Crippen MR) is 35.7 cm³/mol. The summed E-state index contributed by atoms with van der Waals surface area (Å²) < 4.78 is 4.98. The SMILES string of the molecule is CC1CNC(=O)CO1.Cl. The lowest BCUT2D eigenvalue weighted by Gasteiger charge is -2.18. The van der Waals surface area contributed by atoms with E-state index in [0.29, 0.717) is 6.54 Å². The smallest absolute Gasteiger partial charge is 0.246 e. The molecule has 0 aromatic rings. The number of carbonyl (C=O) groups excluding carboxylic acids is 1. The van der Waals surface area contributed by atoms with Crippen LogP contribution in [0.1, 0.15) is 6.92 Å². The van der Waals surface area contributed by atoms with Gasteiger partial charge >= 0.3 is 0 Å². The summed E-state index contributed by atoms with van der Waals surface area (Å²) in [6.45, 7) is 2.80. The van der Waals surface area contributed by atoms with Gasteiger partial charge in [-0.25, -0.2) is 0 Å². The maximum Gasteiger partial charge on any atom is 0.246 e. The molecule has 3 nitrogen and oxygen atoms in total. The van der Waals surface area contributed by atoms with E-state index in [0.717, 1.165) is 0 Å². The second-order valence-electron chi connectivity index (χ2n) is 1.93. The molecule has 1 fully saturated rings. The standard InChI is InChI=1S/C5H9NO2.ClH/c1-4-2-6-5(7)3-8-4;/h4H,2-3H2,1H3,(H,6,7);1H. The molecule has 4 heteroatoms. The molecule has 0 bridgehead atoms. The van der Waals surface area contributed by atoms with E-state index in [1.54, 1.807) is 0 Å². The summed E-state index contributed by atoms with van der Waals surface area (Å²) in [6.07, 6.45) is 0.188. The Morgan fingerprint density at radius 2 is 2.44 bits per heavy atom. The van der Waals surface area contributed by atoms with Gasteiger partial charge in [0.15, 0.2) is 0 Å². The molecule has 9 heavy (non-hydrogen) atoms. The minimum Gasteiger partial charge on any atom is -0.367 e. The first-order valence-electron chi connectivity index (χ1n) is 2.67. The second kappa shape index (κ2) is 3.69. The number of amides is 1. The largest absolute Gasteiger partial charge is 0.367 e. The summed E-state index contributed by atoms with van der Waals surface area (Å²) >= 11 is 0. The molecule has 0 spiro atoms. The van der Waals surface area contributed by atoms with Crippen LogP contribution in [0.25, 0.3) is 0 Å². The Kier molecular flexibility index (Phi) is 3.58. The van der Waals surface area contributed by atoms with Gasteiger partial charge in [-0.1, -0.05) is 0 Å². The molecule has 0 aliphatic carbocycles. The number of rotatable bonds is 0. The molecular weight excluding hydrogens is 142 g/mol. The third-order valence-corrected chi connectivity index (χ3v) is 1.09. The summed E-state index contributed by atoms with van der Waals surface area (Å²) in [6, 6.07) is 0. The average Bonchev–Trinajstić information content (AvgIpc) is 1.77. The predicted octanol–water partition coefficient (Wildman–Crippen LogP) is -0.0569. The van der Waals surface area contributed by atoms with Crippen molar-refractivity contribution in [2.75, 3.05) is 13.2 Å². The van der Waals surface area contributed by atoms with Gasteiger partial charge in [0.2, 0.25) is 5.91 Å². The molecule has 0 aromatic heterocycles. The van der Waals surface area contributed by atoms with E-state index < -0.39 is 0 Å². The van der Waals surface area contributed by atoms with Gasteiger partial charge < -0.3 is 10.1 Å². The molecule has 54 valence electrons. The lowest BCUT2D eigenvalue weighted by molar-refractivity contribution is -0.132. The Balaban J connectivity index is 0.000000640. The number of morpholine rings is 1. The fourth-order valence-corrected chi connectivity index (χ4v) is 0.585. The van der Waals surface area contributed by atoms with Crippen LogP contribution in [0.15, 0.2) is 0 Å². The monoisotopic (exact) mass is 151 g/mol. The van der Waals surface area contributed by atoms with Crippen LogP contribution in [0.5, 0.6) is 0 Å². The van der Waals surface area contributed by atoms with Crippen LogP contribution in [0.2, 0.25) is 0 Å². The molecule has 1 atom stereocenters. The van der Waals surface area contributed by atoms with Crippen LogP contribution in [0, 0.1) is 0 Å². The normalized spacial score (nSPS) is 26.3. The lowest BCUT2D eigenvalue weighted by Crippen LogP contribution is -2.41. The summed E-state index contributed by atoms with van der Waals surface area (Å²) in [5.41, 5.74) is 0. The van der Waals surface area contributed by atoms with Crippen LogP contribution >= 0.6 is 12.4 Å². The van der Waals surface area contributed by atoms with Crippen molar-refractivity contribution in [1.82, 2.24) is 5.32 Å². The second-order valence-corrected chi connectivity index (χ2v) is 1.93. The maximum atomic E-state index is 10.4. The van der Waals surface area contributed by atoms with E-state index >= 15 is 0 Å². The number of hydrogen-bond donors (Lipinski definition) is 1. The number of halogens is 1. The summed E-state index contributed by atoms with van der Waals surface area (Å²) in [5, 5.41) is 2.67. The molecule has 1 N–H and O–H groups in total. The molecule has 1 heterocycles. The van der Waals surface area contributed by atoms with Crippen LogP contribution in [-0.4, -0.2) is 25.2 Å². The van der Waals surface area contributed by atoms with Crippen LogP contribution in [0.4, 0.5) is 0 Å². The number of nitrogens with one attached hydrogen (secondary N) is 1. The fourth-order valence-electron chi connectivity index (χ4n) is 0.585. The number of carbonyl (C=O) groups is 1. The minimum absolute atomic E-state index is 0. The highest BCUT2D eigenvalue weighted by atomic mass is 35.5. The van der Waals surface area contributed by atoms with Crippen molar-refractivity contribution in [3.8, 4) is 0 Å². The van der Waals surface area contributed by atoms with Crippen molar-refractivity contribution in [2.45, 2.75) is 13.0 Å². The number of hydrogen-bond acceptors (Lipinski definition) is 2. The fraction of sp³-hybridized carbons (Fsp3) is 0.800. The van der Waals surface area contributed by atoms with Gasteiger partial charge in [0.1, 0.15) is 6.61 Å². The van der Waals surface area contributed by atoms with Crippen molar-refractivity contribution in [3.63, 3.8) is 0 Å². The van der Waals surface area contributed by atoms with Gasteiger partial charge in [-0.2, -0.15) is 0 Å². The van der Waals surface area contributed by atoms with Gasteiger partial charge in [0.25, 0.3) is 0 Å². The van der Waals surface area contributed by atoms with Crippen LogP contribution in [-0.2, 0) is 9.53 Å². The van der Waals surface area contributed by atoms with Gasteiger partial charge in [-0.3, -0.25) is 4.79 Å². The van der Waals surface area contributed by atoms with E-state index in [1.165, 1.54) is 0 Å². The molecule has 1 amide bonds. The first-order chi connectivity index (χ1) is 3.79. The van der Waals surface area contributed by atoms with Gasteiger partial charge in [0.05, 0.1) is 6.10 Å². The molecule has 1 rings (SSSR count). The Bertz CT molecular complexity index is 97.1. The molecule has 0 radical (unpaired) electrons. The zero-order valence-electron chi connectivity index (χ0n) is 5.22. The first kappa shape index (κ1) is 8.72. The van der Waals surface area contributed by atoms with E-state index in [9.17, 15) is 4.79 Å². The summed E-state index contributed by atoms with van der Waals surface area (Å²) in [7, 11) is 0. The molecule has 1 saturated heterocycles. The third kappa shape index (κ3) is 2.67. The highest BCUT2D eigenvalue weighted by Crippen LogP contribution is 1.92. The Morgan fingerprint density at radius 1 is 1.78 bits per heavy atom. The molecular formula is C5H10ClNO2. The summed E-state index contributed by atoms with van der Waals surface area (Å²) in [5.74, 6) is -0.0110. The highest BCUT2D eigenvalue weighted by Gasteiger charge is 2.12. The third-order valence-electron chi connectivity index (χ3n) is 1.09. The van der Waals surface area contributed by atoms with Gasteiger partial charge in [-0.05, 0) is 6.92 Å². The van der Waals surface area contributed by atoms with E-state index in [-0.39, 0.29) is 31.0 Å². The quantitative estimate of drug-likeness (QED) is 0.527. The molecule has 0 saturated carbocycles. The van der Waals surface area contributed by atoms with Crippen molar-refractivity contribution >= 4 is 18.3 Å². The van der Waals surface area contributed by atoms with Crippen molar-refractivity contribution in [1.29, 1.82) is 0 Å². The first-order valence-corrected chi connectivity index (χ1v) is 2.67. The van der Waals surface area contributed by atoms with Gasteiger partial charge in [-0.15, -0.1) is 12.4 Å². The van der Waals surface area contributed by atoms with E-state index in [2.05, 4.69) is 5.32 Å². The Morgan fingerprint density at radius 3 is 2.78 bits per heavy atom. The van der Waals surface area contributed by atoms with Crippen molar-refractivity contribution in [2.24, 2.45) is 0 Å². The van der Waals surface area contributed by atoms with E-state index in [4.69, 9.17) is 4.74 Å². The van der Waals surface area contributed by atoms with Crippen molar-refractivity contribution < 1.29 is 9.53 Å². The van der Waals surface area contributed by atoms with Crippen LogP contribution in [0.3, 0.4) is 0 Å². The number of ether oxygens (including phenoxy) is 1. The van der Waals surface area contributed by atoms with Gasteiger partial charge in [0, 0.05) is 6.54 Å². The minimum atomic E-state index is -0.0110. The zero-order chi connectivity index (χ0) is 5.98. The Hall–Kier alpha value is -0.280. The molecule has 0 aromatic carbocycles. The topological polar surface area (TPSA) is 38.3 Å². The summed E-state index contributed by atoms with van der Waals surface area (Å²) in [4.78, 5) is 10.4. The average molecular weight is 152 g/mol. The lowest BCUT2D eigenvalue weighted by atomic mass is 10.3. The van der Waals surface area contributed by atoms with E-state index in [1.807, 2.05) is 6.92 Å². The molecule has 1 unspecified atom stereocenters. The maximum absolute atomic E-state index is 10.4. The Labute approximate surface area is 60.2 Å². The van der Waals surface area contributed by atoms with Crippen LogP contribution < -0.4 is 5.32 Å². The van der Waals surface area contributed by atoms with Crippen molar-refractivity contribution in [3.05, 3.63) is 0 Å². The molecule has 1 aliphatic heterocycles. The molecule has 1 aliphatic rings. The zero-order valence-corrected chi connectivity index (χ0v) is 6.03.